The molecule has 74 valence electrons. The van der Waals surface area contributed by atoms with Gasteiger partial charge in [0.2, 0.25) is 0 Å². The van der Waals surface area contributed by atoms with Crippen LogP contribution in [0, 0.1) is 0 Å². The molecule has 0 fully saturated rings. The second kappa shape index (κ2) is 7.49. The fourth-order valence-corrected chi connectivity index (χ4v) is 1.15. The van der Waals surface area contributed by atoms with Crippen molar-refractivity contribution in [3.63, 3.8) is 0 Å². The van der Waals surface area contributed by atoms with Gasteiger partial charge < -0.3 is 5.73 Å². The van der Waals surface area contributed by atoms with Crippen LogP contribution in [0.3, 0.4) is 0 Å². The summed E-state index contributed by atoms with van der Waals surface area (Å²) in [5, 5.41) is 1.93. The zero-order valence-electron chi connectivity index (χ0n) is 8.43. The number of nitrogens with one attached hydrogen (secondary N) is 2. The van der Waals surface area contributed by atoms with E-state index in [0.29, 0.717) is 6.04 Å². The van der Waals surface area contributed by atoms with E-state index >= 15 is 0 Å². The molecule has 1 atom stereocenters. The van der Waals surface area contributed by atoms with Gasteiger partial charge in [-0.25, -0.2) is 10.9 Å². The van der Waals surface area contributed by atoms with Crippen LogP contribution in [0.5, 0.6) is 0 Å². The Bertz CT molecular complexity index is 93.1. The first-order chi connectivity index (χ1) is 5.74. The van der Waals surface area contributed by atoms with Gasteiger partial charge in [-0.2, -0.15) is 5.12 Å². The third-order valence-electron chi connectivity index (χ3n) is 1.92. The second-order valence-electron chi connectivity index (χ2n) is 2.94. The second-order valence-corrected chi connectivity index (χ2v) is 2.94. The maximum atomic E-state index is 5.86. The van der Waals surface area contributed by atoms with Crippen molar-refractivity contribution >= 4 is 0 Å². The fourth-order valence-electron chi connectivity index (χ4n) is 1.15. The zero-order valence-corrected chi connectivity index (χ0v) is 8.43. The van der Waals surface area contributed by atoms with E-state index in [1.807, 2.05) is 19.2 Å². The number of nitrogens with zero attached hydrogens (tertiary/aromatic N) is 1. The lowest BCUT2D eigenvalue weighted by Crippen LogP contribution is -2.46. The lowest BCUT2D eigenvalue weighted by Gasteiger charge is -2.21. The van der Waals surface area contributed by atoms with E-state index in [0.717, 1.165) is 19.4 Å². The first kappa shape index (κ1) is 11.8. The van der Waals surface area contributed by atoms with Crippen LogP contribution in [0.25, 0.3) is 0 Å². The molecule has 0 aromatic heterocycles. The van der Waals surface area contributed by atoms with Gasteiger partial charge in [0, 0.05) is 26.7 Å². The van der Waals surface area contributed by atoms with Crippen LogP contribution in [-0.2, 0) is 0 Å². The summed E-state index contributed by atoms with van der Waals surface area (Å²) in [5.74, 6) is 0. The quantitative estimate of drug-likeness (QED) is 0.478. The Balaban J connectivity index is 3.37. The maximum absolute atomic E-state index is 5.86. The third kappa shape index (κ3) is 5.49. The van der Waals surface area contributed by atoms with E-state index in [4.69, 9.17) is 5.73 Å². The third-order valence-corrected chi connectivity index (χ3v) is 1.92. The zero-order chi connectivity index (χ0) is 9.40. The molecule has 0 amide bonds. The van der Waals surface area contributed by atoms with Crippen molar-refractivity contribution in [1.29, 1.82) is 0 Å². The normalized spacial score (nSPS) is 13.8. The van der Waals surface area contributed by atoms with Gasteiger partial charge in [0.25, 0.3) is 0 Å². The summed E-state index contributed by atoms with van der Waals surface area (Å²) in [6, 6.07) is 0.333. The van der Waals surface area contributed by atoms with Crippen molar-refractivity contribution in [2.75, 3.05) is 20.6 Å². The highest BCUT2D eigenvalue weighted by Crippen LogP contribution is 1.97. The van der Waals surface area contributed by atoms with Crippen molar-refractivity contribution in [1.82, 2.24) is 16.0 Å². The fraction of sp³-hybridized carbons (Fsp3) is 1.00. The number of hydrogen-bond donors (Lipinski definition) is 3. The molecule has 0 bridgehead atoms. The molecule has 4 N–H and O–H groups in total. The predicted octanol–water partition coefficient (Wildman–Crippen LogP) is 0.0747. The minimum atomic E-state index is 0.333. The molecule has 0 aromatic carbocycles. The van der Waals surface area contributed by atoms with E-state index in [2.05, 4.69) is 17.8 Å². The van der Waals surface area contributed by atoms with Gasteiger partial charge in [0.05, 0.1) is 0 Å². The van der Waals surface area contributed by atoms with Gasteiger partial charge in [-0.1, -0.05) is 13.3 Å². The Labute approximate surface area is 75.4 Å². The van der Waals surface area contributed by atoms with E-state index < -0.39 is 0 Å². The summed E-state index contributed by atoms with van der Waals surface area (Å²) >= 11 is 0. The average molecular weight is 174 g/mol. The van der Waals surface area contributed by atoms with Gasteiger partial charge in [0.1, 0.15) is 0 Å². The highest BCUT2D eigenvalue weighted by atomic mass is 15.7. The summed E-state index contributed by atoms with van der Waals surface area (Å²) in [6.07, 6.45) is 3.30. The molecule has 1 unspecified atom stereocenters. The molecule has 12 heavy (non-hydrogen) atoms. The van der Waals surface area contributed by atoms with Crippen molar-refractivity contribution in [3.05, 3.63) is 0 Å². The van der Waals surface area contributed by atoms with Crippen molar-refractivity contribution < 1.29 is 0 Å². The van der Waals surface area contributed by atoms with Crippen LogP contribution in [-0.4, -0.2) is 31.8 Å². The Kier molecular flexibility index (Phi) is 7.39. The number of rotatable bonds is 7. The summed E-state index contributed by atoms with van der Waals surface area (Å²) < 4.78 is 0. The molecular formula is C8H22N4. The minimum absolute atomic E-state index is 0.333. The largest absolute Gasteiger partial charge is 0.328 e. The molecule has 0 rings (SSSR count). The van der Waals surface area contributed by atoms with Gasteiger partial charge >= 0.3 is 0 Å². The lowest BCUT2D eigenvalue weighted by atomic mass is 10.1. The molecule has 0 aliphatic heterocycles. The highest BCUT2D eigenvalue weighted by Gasteiger charge is 2.03. The predicted molar refractivity (Wildman–Crippen MR) is 52.3 cm³/mol. The summed E-state index contributed by atoms with van der Waals surface area (Å²) in [7, 11) is 3.78. The summed E-state index contributed by atoms with van der Waals surface area (Å²) in [6.45, 7) is 3.10. The molecule has 0 saturated heterocycles. The van der Waals surface area contributed by atoms with E-state index in [1.54, 1.807) is 0 Å². The molecule has 0 aromatic rings. The summed E-state index contributed by atoms with van der Waals surface area (Å²) in [5.41, 5.74) is 11.9. The van der Waals surface area contributed by atoms with Gasteiger partial charge in [-0.3, -0.25) is 0 Å². The Morgan fingerprint density at radius 3 is 2.25 bits per heavy atom. The molecule has 0 spiro atoms. The lowest BCUT2D eigenvalue weighted by molar-refractivity contribution is 0.139. The van der Waals surface area contributed by atoms with Gasteiger partial charge in [-0.05, 0) is 12.8 Å². The number of hydrazine groups is 2. The molecular weight excluding hydrogens is 152 g/mol. The van der Waals surface area contributed by atoms with E-state index in [1.165, 1.54) is 6.42 Å². The SMILES string of the molecule is CCCC(N)CCN(NC)NC. The molecule has 0 aliphatic rings. The summed E-state index contributed by atoms with van der Waals surface area (Å²) in [4.78, 5) is 0. The molecule has 0 saturated carbocycles. The first-order valence-corrected chi connectivity index (χ1v) is 4.62. The number of nitrogens with two attached hydrogens (primary N) is 1. The van der Waals surface area contributed by atoms with Crippen LogP contribution in [0.2, 0.25) is 0 Å². The molecule has 0 radical (unpaired) electrons. The van der Waals surface area contributed by atoms with Crippen LogP contribution < -0.4 is 16.6 Å². The minimum Gasteiger partial charge on any atom is -0.328 e. The average Bonchev–Trinajstić information content (AvgIpc) is 2.07. The van der Waals surface area contributed by atoms with Crippen molar-refractivity contribution in [2.45, 2.75) is 32.2 Å². The first-order valence-electron chi connectivity index (χ1n) is 4.62. The van der Waals surface area contributed by atoms with Crippen molar-refractivity contribution in [3.8, 4) is 0 Å². The van der Waals surface area contributed by atoms with Gasteiger partial charge in [0.15, 0.2) is 0 Å². The Hall–Kier alpha value is -0.160. The standard InChI is InChI=1S/C8H22N4/c1-4-5-8(9)6-7-12(10-2)11-3/h8,10-11H,4-7,9H2,1-3H3. The van der Waals surface area contributed by atoms with Crippen LogP contribution in [0.15, 0.2) is 0 Å². The van der Waals surface area contributed by atoms with Gasteiger partial charge in [-0.15, -0.1) is 0 Å². The van der Waals surface area contributed by atoms with E-state index in [9.17, 15) is 0 Å². The van der Waals surface area contributed by atoms with E-state index in [-0.39, 0.29) is 0 Å². The monoisotopic (exact) mass is 174 g/mol. The van der Waals surface area contributed by atoms with Crippen LogP contribution in [0.1, 0.15) is 26.2 Å². The highest BCUT2D eigenvalue weighted by molar-refractivity contribution is 4.61. The molecule has 0 heterocycles. The molecule has 4 nitrogen and oxygen atoms in total. The molecule has 4 heteroatoms. The molecule has 0 aliphatic carbocycles. The topological polar surface area (TPSA) is 53.3 Å². The van der Waals surface area contributed by atoms with Crippen LogP contribution >= 0.6 is 0 Å². The maximum Gasteiger partial charge on any atom is 0.0302 e. The van der Waals surface area contributed by atoms with Crippen molar-refractivity contribution in [2.24, 2.45) is 5.73 Å². The smallest absolute Gasteiger partial charge is 0.0302 e. The Morgan fingerprint density at radius 1 is 1.25 bits per heavy atom. The van der Waals surface area contributed by atoms with Crippen LogP contribution in [0.4, 0.5) is 0 Å². The number of hydrogen-bond acceptors (Lipinski definition) is 4. The Morgan fingerprint density at radius 2 is 1.83 bits per heavy atom.